The van der Waals surface area contributed by atoms with Crippen LogP contribution in [0.5, 0.6) is 0 Å². The number of anilines is 1. The van der Waals surface area contributed by atoms with Crippen molar-refractivity contribution >= 4 is 39.2 Å². The van der Waals surface area contributed by atoms with E-state index in [2.05, 4.69) is 20.3 Å². The van der Waals surface area contributed by atoms with Crippen LogP contribution in [0.1, 0.15) is 82.4 Å². The molecule has 1 fully saturated rings. The molecule has 3 aromatic rings. The van der Waals surface area contributed by atoms with Crippen molar-refractivity contribution < 1.29 is 22.7 Å². The molecule has 3 amide bonds. The monoisotopic (exact) mass is 654 g/mol. The predicted molar refractivity (Wildman–Crippen MR) is 175 cm³/mol. The van der Waals surface area contributed by atoms with Crippen molar-refractivity contribution in [1.29, 1.82) is 0 Å². The van der Waals surface area contributed by atoms with Gasteiger partial charge in [0.2, 0.25) is 10.0 Å². The van der Waals surface area contributed by atoms with Gasteiger partial charge in [-0.05, 0) is 96.0 Å². The molecular formula is C32H42N6O5S2. The molecule has 1 aliphatic carbocycles. The molecule has 242 valence electrons. The second kappa shape index (κ2) is 13.4. The lowest BCUT2D eigenvalue weighted by atomic mass is 9.86. The van der Waals surface area contributed by atoms with E-state index in [9.17, 15) is 18.0 Å². The van der Waals surface area contributed by atoms with Gasteiger partial charge < -0.3 is 20.3 Å². The number of benzene rings is 1. The maximum atomic E-state index is 13.7. The Hall–Kier alpha value is -3.55. The first-order valence-corrected chi connectivity index (χ1v) is 17.7. The third-order valence-corrected chi connectivity index (χ3v) is 10.8. The molecule has 3 N–H and O–H groups in total. The number of alkyl carbamates (subject to hydrolysis) is 1. The maximum Gasteiger partial charge on any atom is 0.407 e. The van der Waals surface area contributed by atoms with Crippen LogP contribution in [0.3, 0.4) is 0 Å². The van der Waals surface area contributed by atoms with E-state index in [1.54, 1.807) is 50.2 Å². The van der Waals surface area contributed by atoms with Crippen molar-refractivity contribution in [2.75, 3.05) is 11.9 Å². The molecule has 1 saturated carbocycles. The van der Waals surface area contributed by atoms with Crippen LogP contribution in [-0.2, 0) is 27.7 Å². The minimum Gasteiger partial charge on any atom is -0.447 e. The van der Waals surface area contributed by atoms with Crippen LogP contribution in [0.4, 0.5) is 15.3 Å². The molecule has 3 heterocycles. The van der Waals surface area contributed by atoms with E-state index in [0.29, 0.717) is 30.8 Å². The van der Waals surface area contributed by atoms with Gasteiger partial charge in [0, 0.05) is 60.4 Å². The fraction of sp³-hybridized carbons (Fsp3) is 0.500. The first-order valence-electron chi connectivity index (χ1n) is 15.4. The van der Waals surface area contributed by atoms with Crippen molar-refractivity contribution in [2.45, 2.75) is 102 Å². The van der Waals surface area contributed by atoms with Crippen LogP contribution < -0.4 is 15.4 Å². The fourth-order valence-corrected chi connectivity index (χ4v) is 8.59. The third kappa shape index (κ3) is 8.39. The standard InChI is InChI=1S/C32H42N6O5S2/c1-20(2)43-31(40)36-24-8-6-21(7-9-24)29-34-18-27(44-29)26-11-10-25(16-28(26)45(41,42)37-32(3,4)5)35-30(39)38-15-13-22-17-33-14-12-23(22)19-38/h10-12,14,16-18,20-21,24,37H,6-9,13,15,19H2,1-5H3,(H,35,39)(H,36,40)/t21-,24-. The van der Waals surface area contributed by atoms with E-state index in [1.807, 2.05) is 26.1 Å². The highest BCUT2D eigenvalue weighted by molar-refractivity contribution is 7.89. The van der Waals surface area contributed by atoms with E-state index in [-0.39, 0.29) is 35.1 Å². The average Bonchev–Trinajstić information content (AvgIpc) is 3.46. The maximum absolute atomic E-state index is 13.7. The van der Waals surface area contributed by atoms with E-state index >= 15 is 0 Å². The first-order chi connectivity index (χ1) is 21.3. The van der Waals surface area contributed by atoms with Gasteiger partial charge in [-0.15, -0.1) is 11.3 Å². The highest BCUT2D eigenvalue weighted by Crippen LogP contribution is 2.40. The Morgan fingerprint density at radius 1 is 1.07 bits per heavy atom. The molecule has 0 bridgehead atoms. The number of nitrogens with one attached hydrogen (secondary N) is 3. The summed E-state index contributed by atoms with van der Waals surface area (Å²) < 4.78 is 35.4. The Kier molecular flexibility index (Phi) is 9.80. The van der Waals surface area contributed by atoms with Crippen molar-refractivity contribution in [3.8, 4) is 10.4 Å². The lowest BCUT2D eigenvalue weighted by molar-refractivity contribution is 0.109. The molecule has 11 nitrogen and oxygen atoms in total. The molecule has 2 aromatic heterocycles. The summed E-state index contributed by atoms with van der Waals surface area (Å²) in [5, 5.41) is 6.80. The summed E-state index contributed by atoms with van der Waals surface area (Å²) in [6.45, 7) is 10.0. The number of pyridine rings is 1. The summed E-state index contributed by atoms with van der Waals surface area (Å²) in [5.74, 6) is 0.222. The van der Waals surface area contributed by atoms with Gasteiger partial charge in [0.25, 0.3) is 0 Å². The molecule has 0 atom stereocenters. The molecule has 0 unspecified atom stereocenters. The van der Waals surface area contributed by atoms with Crippen LogP contribution in [0.25, 0.3) is 10.4 Å². The Labute approximate surface area is 269 Å². The number of aromatic nitrogens is 2. The summed E-state index contributed by atoms with van der Waals surface area (Å²) in [6.07, 6.45) is 8.79. The largest absolute Gasteiger partial charge is 0.447 e. The first kappa shape index (κ1) is 32.8. The molecular weight excluding hydrogens is 613 g/mol. The number of thiazole rings is 1. The van der Waals surface area contributed by atoms with E-state index < -0.39 is 15.6 Å². The lowest BCUT2D eigenvalue weighted by Gasteiger charge is -2.28. The quantitative estimate of drug-likeness (QED) is 0.282. The number of nitrogens with zero attached hydrogens (tertiary/aromatic N) is 3. The van der Waals surface area contributed by atoms with Gasteiger partial charge in [0.1, 0.15) is 0 Å². The van der Waals surface area contributed by atoms with Gasteiger partial charge in [-0.3, -0.25) is 4.98 Å². The third-order valence-electron chi connectivity index (χ3n) is 7.80. The normalized spacial score (nSPS) is 18.8. The molecule has 13 heteroatoms. The molecule has 0 saturated heterocycles. The molecule has 45 heavy (non-hydrogen) atoms. The average molecular weight is 655 g/mol. The van der Waals surface area contributed by atoms with Gasteiger partial charge in [-0.25, -0.2) is 27.7 Å². The van der Waals surface area contributed by atoms with Crippen molar-refractivity contribution in [3.63, 3.8) is 0 Å². The van der Waals surface area contributed by atoms with Crippen LogP contribution in [-0.4, -0.2) is 59.6 Å². The highest BCUT2D eigenvalue weighted by Gasteiger charge is 2.30. The summed E-state index contributed by atoms with van der Waals surface area (Å²) in [4.78, 5) is 36.6. The van der Waals surface area contributed by atoms with Crippen LogP contribution in [0.2, 0.25) is 0 Å². The van der Waals surface area contributed by atoms with Crippen LogP contribution >= 0.6 is 11.3 Å². The topological polar surface area (TPSA) is 143 Å². The van der Waals surface area contributed by atoms with Crippen molar-refractivity contribution in [3.05, 3.63) is 59.0 Å². The van der Waals surface area contributed by atoms with Gasteiger partial charge in [0.05, 0.1) is 20.9 Å². The number of urea groups is 1. The molecule has 0 radical (unpaired) electrons. The number of hydrogen-bond donors (Lipinski definition) is 3. The van der Waals surface area contributed by atoms with Gasteiger partial charge in [-0.1, -0.05) is 6.07 Å². The number of rotatable bonds is 7. The summed E-state index contributed by atoms with van der Waals surface area (Å²) in [5.41, 5.74) is 2.40. The van der Waals surface area contributed by atoms with Gasteiger partial charge in [0.15, 0.2) is 0 Å². The number of ether oxygens (including phenoxy) is 1. The SMILES string of the molecule is CC(C)OC(=O)N[C@H]1CC[C@H](c2ncc(-c3ccc(NC(=O)N4CCc5cnccc5C4)cc3S(=O)(=O)NC(C)(C)C)s2)CC1. The number of sulfonamides is 1. The number of carbonyl (C=O) groups is 2. The summed E-state index contributed by atoms with van der Waals surface area (Å²) >= 11 is 1.48. The molecule has 5 rings (SSSR count). The van der Waals surface area contributed by atoms with E-state index in [1.165, 1.54) is 17.4 Å². The number of fused-ring (bicyclic) bond motifs is 1. The van der Waals surface area contributed by atoms with Gasteiger partial charge in [-0.2, -0.15) is 0 Å². The van der Waals surface area contributed by atoms with E-state index in [0.717, 1.165) is 46.7 Å². The smallest absolute Gasteiger partial charge is 0.407 e. The summed E-state index contributed by atoms with van der Waals surface area (Å²) in [7, 11) is -3.96. The van der Waals surface area contributed by atoms with Crippen LogP contribution in [0, 0.1) is 0 Å². The second-order valence-electron chi connectivity index (χ2n) is 13.0. The molecule has 1 aromatic carbocycles. The zero-order valence-corrected chi connectivity index (χ0v) is 28.1. The van der Waals surface area contributed by atoms with E-state index in [4.69, 9.17) is 9.72 Å². The Morgan fingerprint density at radius 3 is 2.53 bits per heavy atom. The minimum absolute atomic E-state index is 0.0617. The zero-order chi connectivity index (χ0) is 32.4. The lowest BCUT2D eigenvalue weighted by Crippen LogP contribution is -2.41. The molecule has 1 aliphatic heterocycles. The summed E-state index contributed by atoms with van der Waals surface area (Å²) in [6, 6.07) is 6.68. The Balaban J connectivity index is 1.34. The molecule has 0 spiro atoms. The molecule has 2 aliphatic rings. The second-order valence-corrected chi connectivity index (χ2v) is 15.7. The zero-order valence-electron chi connectivity index (χ0n) is 26.4. The van der Waals surface area contributed by atoms with Gasteiger partial charge >= 0.3 is 12.1 Å². The minimum atomic E-state index is -3.96. The predicted octanol–water partition coefficient (Wildman–Crippen LogP) is 6.03. The number of hydrogen-bond acceptors (Lipinski definition) is 8. The highest BCUT2D eigenvalue weighted by atomic mass is 32.2. The fourth-order valence-electron chi connectivity index (χ4n) is 5.74. The number of carbonyl (C=O) groups excluding carboxylic acids is 2. The number of amides is 3. The van der Waals surface area contributed by atoms with Crippen LogP contribution in [0.15, 0.2) is 47.8 Å². The Morgan fingerprint density at radius 2 is 1.82 bits per heavy atom. The van der Waals surface area contributed by atoms with Crippen molar-refractivity contribution in [2.24, 2.45) is 0 Å². The van der Waals surface area contributed by atoms with Crippen molar-refractivity contribution in [1.82, 2.24) is 24.9 Å². The Bertz CT molecular complexity index is 1640.